The number of amides is 1. The van der Waals surface area contributed by atoms with E-state index in [2.05, 4.69) is 5.32 Å². The molecular formula is C14H13NO4. The zero-order valence-electron chi connectivity index (χ0n) is 10.3. The quantitative estimate of drug-likeness (QED) is 0.881. The molecule has 2 rings (SSSR count). The molecule has 0 aliphatic heterocycles. The first-order valence-electron chi connectivity index (χ1n) is 5.71. The Kier molecular flexibility index (Phi) is 3.66. The lowest BCUT2D eigenvalue weighted by atomic mass is 10.1. The van der Waals surface area contributed by atoms with Crippen molar-refractivity contribution >= 4 is 11.9 Å². The van der Waals surface area contributed by atoms with Gasteiger partial charge in [0, 0.05) is 5.56 Å². The maximum absolute atomic E-state index is 12.0. The minimum Gasteiger partial charge on any atom is -0.479 e. The topological polar surface area (TPSA) is 79.5 Å². The largest absolute Gasteiger partial charge is 0.479 e. The summed E-state index contributed by atoms with van der Waals surface area (Å²) in [4.78, 5) is 23.1. The van der Waals surface area contributed by atoms with Gasteiger partial charge in [0.05, 0.1) is 6.26 Å². The molecule has 0 fully saturated rings. The van der Waals surface area contributed by atoms with Crippen molar-refractivity contribution in [2.45, 2.75) is 13.0 Å². The fourth-order valence-electron chi connectivity index (χ4n) is 1.71. The van der Waals surface area contributed by atoms with E-state index in [1.165, 1.54) is 12.3 Å². The number of furan rings is 1. The first-order valence-corrected chi connectivity index (χ1v) is 5.71. The molecule has 2 N–H and O–H groups in total. The van der Waals surface area contributed by atoms with Crippen molar-refractivity contribution in [3.8, 4) is 0 Å². The minimum absolute atomic E-state index is 0.188. The van der Waals surface area contributed by atoms with Crippen LogP contribution >= 0.6 is 0 Å². The van der Waals surface area contributed by atoms with Crippen molar-refractivity contribution in [2.24, 2.45) is 0 Å². The van der Waals surface area contributed by atoms with Crippen molar-refractivity contribution in [2.75, 3.05) is 0 Å². The molecule has 1 unspecified atom stereocenters. The van der Waals surface area contributed by atoms with Crippen molar-refractivity contribution < 1.29 is 19.1 Å². The normalized spacial score (nSPS) is 11.8. The standard InChI is InChI=1S/C14H13NO4/c1-9-4-2-5-10(8-9)13(16)15-12(14(17)18)11-6-3-7-19-11/h2-8,12H,1H3,(H,15,16)(H,17,18). The molecule has 1 aromatic heterocycles. The summed E-state index contributed by atoms with van der Waals surface area (Å²) in [5.74, 6) is -1.43. The van der Waals surface area contributed by atoms with Crippen LogP contribution in [0.3, 0.4) is 0 Å². The highest BCUT2D eigenvalue weighted by Gasteiger charge is 2.25. The number of nitrogens with one attached hydrogen (secondary N) is 1. The van der Waals surface area contributed by atoms with E-state index in [1.54, 1.807) is 24.3 Å². The molecule has 0 saturated carbocycles. The SMILES string of the molecule is Cc1cccc(C(=O)NC(C(=O)O)c2ccco2)c1. The van der Waals surface area contributed by atoms with E-state index in [1.807, 2.05) is 13.0 Å². The maximum atomic E-state index is 12.0. The van der Waals surface area contributed by atoms with Crippen LogP contribution in [0.15, 0.2) is 47.1 Å². The molecule has 5 nitrogen and oxygen atoms in total. The number of aryl methyl sites for hydroxylation is 1. The summed E-state index contributed by atoms with van der Waals surface area (Å²) in [6.45, 7) is 1.86. The lowest BCUT2D eigenvalue weighted by Crippen LogP contribution is -2.33. The number of hydrogen-bond donors (Lipinski definition) is 2. The van der Waals surface area contributed by atoms with Crippen molar-refractivity contribution in [3.05, 3.63) is 59.5 Å². The first-order chi connectivity index (χ1) is 9.08. The molecule has 0 bridgehead atoms. The van der Waals surface area contributed by atoms with E-state index in [0.717, 1.165) is 5.56 Å². The molecular weight excluding hydrogens is 246 g/mol. The van der Waals surface area contributed by atoms with E-state index in [0.29, 0.717) is 5.56 Å². The van der Waals surface area contributed by atoms with Crippen LogP contribution in [0.1, 0.15) is 27.7 Å². The summed E-state index contributed by atoms with van der Waals surface area (Å²) in [5.41, 5.74) is 1.34. The number of carbonyl (C=O) groups excluding carboxylic acids is 1. The summed E-state index contributed by atoms with van der Waals surface area (Å²) in [6.07, 6.45) is 1.37. The molecule has 5 heteroatoms. The van der Waals surface area contributed by atoms with Gasteiger partial charge < -0.3 is 14.8 Å². The monoisotopic (exact) mass is 259 g/mol. The highest BCUT2D eigenvalue weighted by molar-refractivity contribution is 5.96. The molecule has 0 spiro atoms. The van der Waals surface area contributed by atoms with Crippen LogP contribution in [-0.4, -0.2) is 17.0 Å². The third kappa shape index (κ3) is 3.01. The Morgan fingerprint density at radius 2 is 2.05 bits per heavy atom. The Balaban J connectivity index is 2.19. The predicted molar refractivity (Wildman–Crippen MR) is 67.7 cm³/mol. The second-order valence-electron chi connectivity index (χ2n) is 4.13. The molecule has 1 atom stereocenters. The molecule has 0 saturated heterocycles. The lowest BCUT2D eigenvalue weighted by Gasteiger charge is -2.12. The number of aliphatic carboxylic acids is 1. The molecule has 0 aliphatic carbocycles. The Hall–Kier alpha value is -2.56. The second kappa shape index (κ2) is 5.39. The Labute approximate surface area is 109 Å². The van der Waals surface area contributed by atoms with Crippen molar-refractivity contribution in [3.63, 3.8) is 0 Å². The summed E-state index contributed by atoms with van der Waals surface area (Å²) in [5, 5.41) is 11.6. The number of hydrogen-bond acceptors (Lipinski definition) is 3. The minimum atomic E-state index is -1.19. The third-order valence-corrected chi connectivity index (χ3v) is 2.63. The summed E-state index contributed by atoms with van der Waals surface area (Å²) < 4.78 is 5.02. The van der Waals surface area contributed by atoms with E-state index >= 15 is 0 Å². The summed E-state index contributed by atoms with van der Waals surface area (Å²) in [7, 11) is 0. The van der Waals surface area contributed by atoms with Gasteiger partial charge in [-0.1, -0.05) is 17.7 Å². The molecule has 0 aliphatic rings. The Morgan fingerprint density at radius 3 is 2.63 bits per heavy atom. The summed E-state index contributed by atoms with van der Waals surface area (Å²) in [6, 6.07) is 8.81. The van der Waals surface area contributed by atoms with Crippen LogP contribution in [0, 0.1) is 6.92 Å². The Bertz CT molecular complexity index is 589. The fourth-order valence-corrected chi connectivity index (χ4v) is 1.71. The molecule has 1 amide bonds. The number of carboxylic acids is 1. The molecule has 1 heterocycles. The number of carboxylic acid groups (broad SMARTS) is 1. The third-order valence-electron chi connectivity index (χ3n) is 2.63. The van der Waals surface area contributed by atoms with Crippen LogP contribution in [0.5, 0.6) is 0 Å². The number of benzene rings is 1. The van der Waals surface area contributed by atoms with Crippen LogP contribution in [-0.2, 0) is 4.79 Å². The predicted octanol–water partition coefficient (Wildman–Crippen LogP) is 2.14. The zero-order valence-corrected chi connectivity index (χ0v) is 10.3. The van der Waals surface area contributed by atoms with E-state index in [4.69, 9.17) is 9.52 Å². The maximum Gasteiger partial charge on any atom is 0.334 e. The van der Waals surface area contributed by atoms with Gasteiger partial charge in [-0.2, -0.15) is 0 Å². The van der Waals surface area contributed by atoms with Gasteiger partial charge in [-0.25, -0.2) is 4.79 Å². The van der Waals surface area contributed by atoms with Crippen molar-refractivity contribution in [1.82, 2.24) is 5.32 Å². The van der Waals surface area contributed by atoms with Gasteiger partial charge in [0.2, 0.25) is 0 Å². The van der Waals surface area contributed by atoms with Gasteiger partial charge in [-0.15, -0.1) is 0 Å². The average Bonchev–Trinajstić information content (AvgIpc) is 2.88. The van der Waals surface area contributed by atoms with E-state index in [9.17, 15) is 9.59 Å². The highest BCUT2D eigenvalue weighted by Crippen LogP contribution is 2.15. The van der Waals surface area contributed by atoms with Crippen LogP contribution < -0.4 is 5.32 Å². The van der Waals surface area contributed by atoms with Crippen molar-refractivity contribution in [1.29, 1.82) is 0 Å². The highest BCUT2D eigenvalue weighted by atomic mass is 16.4. The Morgan fingerprint density at radius 1 is 1.26 bits per heavy atom. The molecule has 1 aromatic carbocycles. The zero-order chi connectivity index (χ0) is 13.8. The second-order valence-corrected chi connectivity index (χ2v) is 4.13. The first kappa shape index (κ1) is 12.9. The van der Waals surface area contributed by atoms with E-state index < -0.39 is 17.9 Å². The average molecular weight is 259 g/mol. The van der Waals surface area contributed by atoms with Crippen LogP contribution in [0.2, 0.25) is 0 Å². The number of rotatable bonds is 4. The smallest absolute Gasteiger partial charge is 0.334 e. The molecule has 19 heavy (non-hydrogen) atoms. The van der Waals surface area contributed by atoms with Gasteiger partial charge in [-0.05, 0) is 31.2 Å². The van der Waals surface area contributed by atoms with Gasteiger partial charge in [-0.3, -0.25) is 4.79 Å². The molecule has 2 aromatic rings. The van der Waals surface area contributed by atoms with Crippen LogP contribution in [0.4, 0.5) is 0 Å². The van der Waals surface area contributed by atoms with E-state index in [-0.39, 0.29) is 5.76 Å². The fraction of sp³-hybridized carbons (Fsp3) is 0.143. The number of carbonyl (C=O) groups is 2. The molecule has 0 radical (unpaired) electrons. The lowest BCUT2D eigenvalue weighted by molar-refractivity contribution is -0.139. The molecule has 98 valence electrons. The van der Waals surface area contributed by atoms with Gasteiger partial charge in [0.15, 0.2) is 6.04 Å². The van der Waals surface area contributed by atoms with Gasteiger partial charge in [0.25, 0.3) is 5.91 Å². The summed E-state index contributed by atoms with van der Waals surface area (Å²) >= 11 is 0. The van der Waals surface area contributed by atoms with Gasteiger partial charge in [0.1, 0.15) is 5.76 Å². The van der Waals surface area contributed by atoms with Crippen LogP contribution in [0.25, 0.3) is 0 Å². The van der Waals surface area contributed by atoms with Gasteiger partial charge >= 0.3 is 5.97 Å².